The summed E-state index contributed by atoms with van der Waals surface area (Å²) in [5, 5.41) is 14.0. The van der Waals surface area contributed by atoms with Crippen LogP contribution in [0.2, 0.25) is 5.02 Å². The lowest BCUT2D eigenvalue weighted by molar-refractivity contribution is 0.192. The zero-order valence-electron chi connectivity index (χ0n) is 11.8. The van der Waals surface area contributed by atoms with Gasteiger partial charge in [-0.05, 0) is 29.7 Å². The lowest BCUT2D eigenvalue weighted by Gasteiger charge is -2.15. The van der Waals surface area contributed by atoms with Gasteiger partial charge in [0.25, 0.3) is 0 Å². The molecule has 1 atom stereocenters. The number of nitrogens with one attached hydrogen (secondary N) is 1. The zero-order chi connectivity index (χ0) is 14.5. The summed E-state index contributed by atoms with van der Waals surface area (Å²) in [5.74, 6) is 0.491. The molecule has 0 aliphatic carbocycles. The smallest absolute Gasteiger partial charge is 0.0976 e. The Morgan fingerprint density at radius 3 is 2.55 bits per heavy atom. The van der Waals surface area contributed by atoms with Gasteiger partial charge >= 0.3 is 0 Å². The van der Waals surface area contributed by atoms with Crippen molar-refractivity contribution < 1.29 is 5.11 Å². The van der Waals surface area contributed by atoms with E-state index in [1.54, 1.807) is 6.07 Å². The third kappa shape index (κ3) is 3.75. The summed E-state index contributed by atoms with van der Waals surface area (Å²) in [6.45, 7) is 4.76. The average molecular weight is 290 g/mol. The van der Waals surface area contributed by atoms with Gasteiger partial charge in [-0.25, -0.2) is 0 Å². The SMILES string of the molecule is CC(C)c1cccc(NCC(O)c2ccccc2Cl)c1. The van der Waals surface area contributed by atoms with E-state index >= 15 is 0 Å². The normalized spacial score (nSPS) is 12.4. The summed E-state index contributed by atoms with van der Waals surface area (Å²) in [7, 11) is 0. The van der Waals surface area contributed by atoms with E-state index in [9.17, 15) is 5.11 Å². The minimum atomic E-state index is -0.619. The van der Waals surface area contributed by atoms with Crippen molar-refractivity contribution in [3.05, 3.63) is 64.7 Å². The fraction of sp³-hybridized carbons (Fsp3) is 0.294. The minimum absolute atomic E-state index is 0.436. The zero-order valence-corrected chi connectivity index (χ0v) is 12.6. The summed E-state index contributed by atoms with van der Waals surface area (Å²) < 4.78 is 0. The molecule has 2 aromatic carbocycles. The van der Waals surface area contributed by atoms with Crippen LogP contribution >= 0.6 is 11.6 Å². The monoisotopic (exact) mass is 289 g/mol. The van der Waals surface area contributed by atoms with Crippen LogP contribution in [0, 0.1) is 0 Å². The predicted molar refractivity (Wildman–Crippen MR) is 85.4 cm³/mol. The van der Waals surface area contributed by atoms with E-state index < -0.39 is 6.10 Å². The Balaban J connectivity index is 2.02. The van der Waals surface area contributed by atoms with Gasteiger partial charge in [0.1, 0.15) is 0 Å². The third-order valence-corrected chi connectivity index (χ3v) is 3.66. The lowest BCUT2D eigenvalue weighted by atomic mass is 10.0. The van der Waals surface area contributed by atoms with Crippen molar-refractivity contribution in [3.63, 3.8) is 0 Å². The molecule has 0 fully saturated rings. The van der Waals surface area contributed by atoms with E-state index in [-0.39, 0.29) is 0 Å². The van der Waals surface area contributed by atoms with Crippen LogP contribution < -0.4 is 5.32 Å². The summed E-state index contributed by atoms with van der Waals surface area (Å²) >= 11 is 6.08. The molecule has 0 aromatic heterocycles. The van der Waals surface area contributed by atoms with Gasteiger partial charge in [-0.2, -0.15) is 0 Å². The predicted octanol–water partition coefficient (Wildman–Crippen LogP) is 4.61. The van der Waals surface area contributed by atoms with E-state index in [2.05, 4.69) is 31.3 Å². The Labute approximate surface area is 125 Å². The van der Waals surface area contributed by atoms with E-state index in [1.807, 2.05) is 30.3 Å². The third-order valence-electron chi connectivity index (χ3n) is 3.32. The standard InChI is InChI=1S/C17H20ClNO/c1-12(2)13-6-5-7-14(10-13)19-11-17(20)15-8-3-4-9-16(15)18/h3-10,12,17,19-20H,11H2,1-2H3. The Hall–Kier alpha value is -1.51. The first-order valence-corrected chi connectivity index (χ1v) is 7.22. The molecule has 0 bridgehead atoms. The van der Waals surface area contributed by atoms with Gasteiger partial charge in [0.15, 0.2) is 0 Å². The quantitative estimate of drug-likeness (QED) is 0.842. The van der Waals surface area contributed by atoms with Gasteiger partial charge in [0.2, 0.25) is 0 Å². The molecule has 0 aliphatic rings. The molecule has 20 heavy (non-hydrogen) atoms. The number of anilines is 1. The van der Waals surface area contributed by atoms with Crippen LogP contribution in [0.15, 0.2) is 48.5 Å². The molecule has 0 saturated carbocycles. The Bertz CT molecular complexity index is 568. The first-order valence-electron chi connectivity index (χ1n) is 6.84. The molecule has 0 aliphatic heterocycles. The van der Waals surface area contributed by atoms with Gasteiger partial charge in [-0.1, -0.05) is 55.8 Å². The highest BCUT2D eigenvalue weighted by molar-refractivity contribution is 6.31. The number of benzene rings is 2. The summed E-state index contributed by atoms with van der Waals surface area (Å²) in [5.41, 5.74) is 3.05. The molecule has 2 aromatic rings. The molecule has 0 amide bonds. The van der Waals surface area contributed by atoms with Crippen LogP contribution in [-0.4, -0.2) is 11.7 Å². The summed E-state index contributed by atoms with van der Waals surface area (Å²) in [6, 6.07) is 15.6. The second kappa shape index (κ2) is 6.78. The Morgan fingerprint density at radius 2 is 1.85 bits per heavy atom. The van der Waals surface area contributed by atoms with Crippen LogP contribution in [-0.2, 0) is 0 Å². The van der Waals surface area contributed by atoms with E-state index in [4.69, 9.17) is 11.6 Å². The highest BCUT2D eigenvalue weighted by Crippen LogP contribution is 2.24. The highest BCUT2D eigenvalue weighted by Gasteiger charge is 2.10. The van der Waals surface area contributed by atoms with Crippen LogP contribution in [0.25, 0.3) is 0 Å². The molecule has 0 saturated heterocycles. The van der Waals surface area contributed by atoms with Crippen LogP contribution in [0.4, 0.5) is 5.69 Å². The van der Waals surface area contributed by atoms with Gasteiger partial charge in [0.05, 0.1) is 6.10 Å². The Morgan fingerprint density at radius 1 is 1.10 bits per heavy atom. The van der Waals surface area contributed by atoms with Crippen molar-refractivity contribution in [1.82, 2.24) is 0 Å². The second-order valence-electron chi connectivity index (χ2n) is 5.20. The molecule has 2 rings (SSSR count). The number of halogens is 1. The fourth-order valence-electron chi connectivity index (χ4n) is 2.08. The number of hydrogen-bond acceptors (Lipinski definition) is 2. The van der Waals surface area contributed by atoms with Crippen molar-refractivity contribution in [2.24, 2.45) is 0 Å². The fourth-order valence-corrected chi connectivity index (χ4v) is 2.34. The number of aliphatic hydroxyl groups excluding tert-OH is 1. The van der Waals surface area contributed by atoms with Crippen molar-refractivity contribution in [2.75, 3.05) is 11.9 Å². The van der Waals surface area contributed by atoms with Crippen LogP contribution in [0.3, 0.4) is 0 Å². The number of hydrogen-bond donors (Lipinski definition) is 2. The van der Waals surface area contributed by atoms with E-state index in [1.165, 1.54) is 5.56 Å². The van der Waals surface area contributed by atoms with E-state index in [0.717, 1.165) is 11.3 Å². The number of aliphatic hydroxyl groups is 1. The summed E-state index contributed by atoms with van der Waals surface area (Å²) in [4.78, 5) is 0. The first-order chi connectivity index (χ1) is 9.58. The maximum absolute atomic E-state index is 10.2. The second-order valence-corrected chi connectivity index (χ2v) is 5.61. The number of rotatable bonds is 5. The van der Waals surface area contributed by atoms with Gasteiger partial charge in [-0.15, -0.1) is 0 Å². The van der Waals surface area contributed by atoms with E-state index in [0.29, 0.717) is 17.5 Å². The molecule has 0 spiro atoms. The van der Waals surface area contributed by atoms with Crippen molar-refractivity contribution in [3.8, 4) is 0 Å². The first kappa shape index (κ1) is 14.9. The molecule has 0 heterocycles. The molecule has 0 radical (unpaired) electrons. The van der Waals surface area contributed by atoms with Crippen molar-refractivity contribution in [2.45, 2.75) is 25.9 Å². The molecule has 3 heteroatoms. The molecule has 2 nitrogen and oxygen atoms in total. The molecule has 106 valence electrons. The largest absolute Gasteiger partial charge is 0.387 e. The minimum Gasteiger partial charge on any atom is -0.387 e. The molecule has 1 unspecified atom stereocenters. The van der Waals surface area contributed by atoms with Gasteiger partial charge in [0, 0.05) is 22.8 Å². The lowest BCUT2D eigenvalue weighted by Crippen LogP contribution is -2.12. The Kier molecular flexibility index (Phi) is 5.05. The summed E-state index contributed by atoms with van der Waals surface area (Å²) in [6.07, 6.45) is -0.619. The molecular weight excluding hydrogens is 270 g/mol. The molecule has 2 N–H and O–H groups in total. The van der Waals surface area contributed by atoms with Gasteiger partial charge in [-0.3, -0.25) is 0 Å². The van der Waals surface area contributed by atoms with Crippen molar-refractivity contribution >= 4 is 17.3 Å². The van der Waals surface area contributed by atoms with Crippen molar-refractivity contribution in [1.29, 1.82) is 0 Å². The molecular formula is C17H20ClNO. The van der Waals surface area contributed by atoms with Crippen LogP contribution in [0.1, 0.15) is 37.0 Å². The van der Waals surface area contributed by atoms with Gasteiger partial charge < -0.3 is 10.4 Å². The highest BCUT2D eigenvalue weighted by atomic mass is 35.5. The maximum Gasteiger partial charge on any atom is 0.0976 e. The topological polar surface area (TPSA) is 32.3 Å². The van der Waals surface area contributed by atoms with Crippen LogP contribution in [0.5, 0.6) is 0 Å². The maximum atomic E-state index is 10.2. The average Bonchev–Trinajstić information content (AvgIpc) is 2.45.